The Morgan fingerprint density at radius 2 is 1.44 bits per heavy atom. The van der Waals surface area contributed by atoms with Crippen LogP contribution in [0, 0.1) is 0 Å². The first-order valence-electron chi connectivity index (χ1n) is 1.09. The van der Waals surface area contributed by atoms with Gasteiger partial charge in [-0.25, -0.2) is 5.26 Å². The van der Waals surface area contributed by atoms with Crippen molar-refractivity contribution in [3.8, 4) is 0 Å². The Morgan fingerprint density at radius 3 is 1.44 bits per heavy atom. The molecule has 0 saturated carbocycles. The molecule has 0 heterocycles. The average Bonchev–Trinajstić information content (AvgIpc) is 1.35. The van der Waals surface area contributed by atoms with Gasteiger partial charge in [-0.1, -0.05) is 0 Å². The van der Waals surface area contributed by atoms with Gasteiger partial charge in [0, 0.05) is 0 Å². The second-order valence-electron chi connectivity index (χ2n) is 0.779. The van der Waals surface area contributed by atoms with Gasteiger partial charge >= 0.3 is 29.6 Å². The molecule has 9 heavy (non-hydrogen) atoms. The summed E-state index contributed by atoms with van der Waals surface area (Å²) in [6.07, 6.45) is 0.743. The summed E-state index contributed by atoms with van der Waals surface area (Å²) in [5, 5.41) is 7.31. The van der Waals surface area contributed by atoms with E-state index >= 15 is 0 Å². The van der Waals surface area contributed by atoms with Gasteiger partial charge in [0.2, 0.25) is 0 Å². The SMILES string of the molecule is CS(=O)(=O)OO.O.O.[NaH]. The zero-order valence-electron chi connectivity index (χ0n) is 4.08. The second-order valence-corrected chi connectivity index (χ2v) is 2.34. The molecule has 5 N–H and O–H groups in total. The average molecular weight is 172 g/mol. The fourth-order valence-electron chi connectivity index (χ4n) is 0. The number of hydrogen-bond acceptors (Lipinski definition) is 4. The van der Waals surface area contributed by atoms with Gasteiger partial charge in [-0.05, 0) is 0 Å². The fraction of sp³-hybridized carbons (Fsp3) is 1.00. The maximum atomic E-state index is 9.53. The molecule has 0 unspecified atom stereocenters. The minimum atomic E-state index is -3.61. The fourth-order valence-corrected chi connectivity index (χ4v) is 0. The molecule has 56 valence electrons. The molecule has 0 aliphatic rings. The third kappa shape index (κ3) is 28.2. The zero-order chi connectivity index (χ0) is 5.21. The van der Waals surface area contributed by atoms with Crippen molar-refractivity contribution in [1.29, 1.82) is 0 Å². The quantitative estimate of drug-likeness (QED) is 0.259. The molecule has 0 spiro atoms. The summed E-state index contributed by atoms with van der Waals surface area (Å²) in [6.45, 7) is 0. The van der Waals surface area contributed by atoms with E-state index < -0.39 is 10.1 Å². The van der Waals surface area contributed by atoms with Crippen molar-refractivity contribution in [3.63, 3.8) is 0 Å². The third-order valence-electron chi connectivity index (χ3n) is 0.135. The normalized spacial score (nSPS) is 7.78. The summed E-state index contributed by atoms with van der Waals surface area (Å²) in [6, 6.07) is 0. The van der Waals surface area contributed by atoms with Crippen molar-refractivity contribution in [2.24, 2.45) is 0 Å². The van der Waals surface area contributed by atoms with Crippen molar-refractivity contribution in [2.75, 3.05) is 6.26 Å². The molecule has 0 radical (unpaired) electrons. The van der Waals surface area contributed by atoms with Crippen LogP contribution in [-0.4, -0.2) is 60.4 Å². The summed E-state index contributed by atoms with van der Waals surface area (Å²) in [5.74, 6) is 0. The van der Waals surface area contributed by atoms with Crippen LogP contribution in [0.15, 0.2) is 0 Å². The Balaban J connectivity index is -0.0000000417. The van der Waals surface area contributed by atoms with E-state index in [9.17, 15) is 8.42 Å². The van der Waals surface area contributed by atoms with Crippen LogP contribution in [0.4, 0.5) is 0 Å². The molecule has 0 aliphatic carbocycles. The van der Waals surface area contributed by atoms with Gasteiger partial charge in [-0.3, -0.25) is 0 Å². The Kier molecular flexibility index (Phi) is 22.0. The molecule has 0 aromatic carbocycles. The first-order chi connectivity index (χ1) is 2.56. The van der Waals surface area contributed by atoms with Crippen LogP contribution >= 0.6 is 0 Å². The van der Waals surface area contributed by atoms with Gasteiger partial charge in [0.1, 0.15) is 0 Å². The van der Waals surface area contributed by atoms with Gasteiger partial charge in [-0.2, -0.15) is 8.42 Å². The van der Waals surface area contributed by atoms with Gasteiger partial charge in [0.25, 0.3) is 10.1 Å². The van der Waals surface area contributed by atoms with Crippen LogP contribution in [0.25, 0.3) is 0 Å². The molecular weight excluding hydrogens is 163 g/mol. The van der Waals surface area contributed by atoms with E-state index in [2.05, 4.69) is 4.33 Å². The zero-order valence-corrected chi connectivity index (χ0v) is 4.90. The summed E-state index contributed by atoms with van der Waals surface area (Å²) in [4.78, 5) is 0. The molecule has 0 bridgehead atoms. The van der Waals surface area contributed by atoms with Crippen molar-refractivity contribution < 1.29 is 29.0 Å². The van der Waals surface area contributed by atoms with Crippen molar-refractivity contribution in [3.05, 3.63) is 0 Å². The van der Waals surface area contributed by atoms with Crippen molar-refractivity contribution in [2.45, 2.75) is 0 Å². The molecule has 0 aliphatic heterocycles. The van der Waals surface area contributed by atoms with E-state index in [1.807, 2.05) is 0 Å². The standard InChI is InChI=1S/CH4O4S.Na.2H2O.H/c1-6(3,4)5-2;;;;/h2H,1H3;;2*1H2;. The van der Waals surface area contributed by atoms with Crippen LogP contribution < -0.4 is 0 Å². The Bertz CT molecular complexity index is 115. The van der Waals surface area contributed by atoms with E-state index in [-0.39, 0.29) is 40.5 Å². The number of rotatable bonds is 1. The van der Waals surface area contributed by atoms with Crippen LogP contribution in [0.2, 0.25) is 0 Å². The topological polar surface area (TPSA) is 127 Å². The van der Waals surface area contributed by atoms with Gasteiger partial charge < -0.3 is 11.0 Å². The third-order valence-corrected chi connectivity index (χ3v) is 0.406. The van der Waals surface area contributed by atoms with Gasteiger partial charge in [0.05, 0.1) is 6.26 Å². The van der Waals surface area contributed by atoms with Crippen LogP contribution in [0.5, 0.6) is 0 Å². The number of hydrogen-bond donors (Lipinski definition) is 1. The summed E-state index contributed by atoms with van der Waals surface area (Å²) in [5.41, 5.74) is 0. The Labute approximate surface area is 74.8 Å². The molecule has 0 amide bonds. The first-order valence-corrected chi connectivity index (χ1v) is 2.91. The predicted octanol–water partition coefficient (Wildman–Crippen LogP) is -2.86. The van der Waals surface area contributed by atoms with Gasteiger partial charge in [0.15, 0.2) is 0 Å². The van der Waals surface area contributed by atoms with Gasteiger partial charge in [-0.15, -0.1) is 4.33 Å². The monoisotopic (exact) mass is 172 g/mol. The van der Waals surface area contributed by atoms with Crippen molar-refractivity contribution in [1.82, 2.24) is 0 Å². The van der Waals surface area contributed by atoms with Crippen LogP contribution in [0.3, 0.4) is 0 Å². The van der Waals surface area contributed by atoms with Crippen molar-refractivity contribution >= 4 is 39.7 Å². The molecule has 0 aromatic heterocycles. The molecule has 0 fully saturated rings. The second kappa shape index (κ2) is 8.79. The van der Waals surface area contributed by atoms with E-state index in [1.165, 1.54) is 0 Å². The van der Waals surface area contributed by atoms with Crippen LogP contribution in [-0.2, 0) is 14.5 Å². The molecule has 8 heteroatoms. The minimum absolute atomic E-state index is 0. The molecular formula is CH9NaO6S. The molecule has 0 saturated heterocycles. The predicted molar refractivity (Wildman–Crippen MR) is 32.9 cm³/mol. The Hall–Kier alpha value is 0.790. The van der Waals surface area contributed by atoms with E-state index in [0.717, 1.165) is 6.26 Å². The summed E-state index contributed by atoms with van der Waals surface area (Å²) >= 11 is 0. The molecule has 6 nitrogen and oxygen atoms in total. The van der Waals surface area contributed by atoms with E-state index in [0.29, 0.717) is 0 Å². The Morgan fingerprint density at radius 1 is 1.33 bits per heavy atom. The van der Waals surface area contributed by atoms with E-state index in [4.69, 9.17) is 5.26 Å². The summed E-state index contributed by atoms with van der Waals surface area (Å²) in [7, 11) is -3.61. The maximum absolute atomic E-state index is 9.53. The molecule has 0 aromatic rings. The summed E-state index contributed by atoms with van der Waals surface area (Å²) < 4.78 is 22.0. The molecule has 0 rings (SSSR count). The van der Waals surface area contributed by atoms with Crippen LogP contribution in [0.1, 0.15) is 0 Å². The molecule has 0 atom stereocenters. The first kappa shape index (κ1) is 22.6. The van der Waals surface area contributed by atoms with E-state index in [1.54, 1.807) is 0 Å².